The molecule has 1 heterocycles. The lowest BCUT2D eigenvalue weighted by Crippen LogP contribution is -2.50. The Hall–Kier alpha value is -0.0800. The van der Waals surface area contributed by atoms with E-state index in [1.54, 1.807) is 0 Å². The normalized spacial score (nSPS) is 33.5. The van der Waals surface area contributed by atoms with E-state index in [-0.39, 0.29) is 5.60 Å². The molecule has 0 aromatic carbocycles. The minimum absolute atomic E-state index is 0.257. The summed E-state index contributed by atoms with van der Waals surface area (Å²) < 4.78 is 6.17. The first-order valence-electron chi connectivity index (χ1n) is 8.16. The summed E-state index contributed by atoms with van der Waals surface area (Å²) in [6.07, 6.45) is 13.6. The van der Waals surface area contributed by atoms with Gasteiger partial charge in [0, 0.05) is 18.7 Å². The largest absolute Gasteiger partial charge is 0.375 e. The van der Waals surface area contributed by atoms with Crippen LogP contribution in [0.1, 0.15) is 71.1 Å². The molecule has 104 valence electrons. The highest BCUT2D eigenvalue weighted by atomic mass is 16.5. The average molecular weight is 251 g/mol. The third-order valence-corrected chi connectivity index (χ3v) is 5.16. The van der Waals surface area contributed by atoms with Gasteiger partial charge >= 0.3 is 0 Å². The fraction of sp³-hybridized carbons (Fsp3) is 1.00. The Balaban J connectivity index is 1.49. The molecular formula is C16H29NO. The van der Waals surface area contributed by atoms with E-state index >= 15 is 0 Å². The summed E-state index contributed by atoms with van der Waals surface area (Å²) in [6.45, 7) is 3.36. The van der Waals surface area contributed by atoms with Crippen LogP contribution in [0.4, 0.5) is 0 Å². The first-order valence-corrected chi connectivity index (χ1v) is 8.16. The lowest BCUT2D eigenvalue weighted by molar-refractivity contribution is -0.110. The molecule has 18 heavy (non-hydrogen) atoms. The zero-order valence-electron chi connectivity index (χ0n) is 11.9. The van der Waals surface area contributed by atoms with E-state index in [4.69, 9.17) is 4.74 Å². The average Bonchev–Trinajstić information content (AvgIpc) is 3.14. The topological polar surface area (TPSA) is 21.3 Å². The molecule has 1 saturated heterocycles. The van der Waals surface area contributed by atoms with Crippen molar-refractivity contribution in [2.75, 3.05) is 6.61 Å². The molecule has 2 atom stereocenters. The van der Waals surface area contributed by atoms with Gasteiger partial charge in [0.1, 0.15) is 0 Å². The molecule has 1 N–H and O–H groups in total. The van der Waals surface area contributed by atoms with Gasteiger partial charge < -0.3 is 10.1 Å². The molecule has 1 aliphatic heterocycles. The van der Waals surface area contributed by atoms with Gasteiger partial charge in [-0.2, -0.15) is 0 Å². The van der Waals surface area contributed by atoms with Crippen molar-refractivity contribution in [3.8, 4) is 0 Å². The number of hydrogen-bond acceptors (Lipinski definition) is 2. The van der Waals surface area contributed by atoms with E-state index < -0.39 is 0 Å². The SMILES string of the molecule is CC(CC1CC1)NC1CCOC2(CCCCC2)C1. The van der Waals surface area contributed by atoms with Crippen LogP contribution in [-0.4, -0.2) is 24.3 Å². The van der Waals surface area contributed by atoms with Crippen LogP contribution in [0.5, 0.6) is 0 Å². The molecule has 2 nitrogen and oxygen atoms in total. The van der Waals surface area contributed by atoms with Crippen molar-refractivity contribution in [1.29, 1.82) is 0 Å². The van der Waals surface area contributed by atoms with E-state index in [9.17, 15) is 0 Å². The van der Waals surface area contributed by atoms with Crippen molar-refractivity contribution in [3.63, 3.8) is 0 Å². The van der Waals surface area contributed by atoms with E-state index in [1.807, 2.05) is 0 Å². The van der Waals surface area contributed by atoms with Gasteiger partial charge in [0.2, 0.25) is 0 Å². The predicted octanol–water partition coefficient (Wildman–Crippen LogP) is 3.65. The van der Waals surface area contributed by atoms with Crippen molar-refractivity contribution in [2.45, 2.75) is 88.8 Å². The number of rotatable bonds is 4. The molecule has 1 spiro atoms. The van der Waals surface area contributed by atoms with Gasteiger partial charge in [-0.15, -0.1) is 0 Å². The minimum atomic E-state index is 0.257. The molecule has 0 aromatic rings. The Morgan fingerprint density at radius 1 is 1.17 bits per heavy atom. The smallest absolute Gasteiger partial charge is 0.0697 e. The Morgan fingerprint density at radius 3 is 2.67 bits per heavy atom. The molecule has 3 rings (SSSR count). The van der Waals surface area contributed by atoms with Crippen molar-refractivity contribution >= 4 is 0 Å². The maximum absolute atomic E-state index is 6.17. The monoisotopic (exact) mass is 251 g/mol. The Labute approximate surface area is 112 Å². The maximum atomic E-state index is 6.17. The first-order chi connectivity index (χ1) is 8.76. The summed E-state index contributed by atoms with van der Waals surface area (Å²) in [6, 6.07) is 1.42. The van der Waals surface area contributed by atoms with Gasteiger partial charge in [-0.05, 0) is 44.9 Å². The summed E-state index contributed by atoms with van der Waals surface area (Å²) >= 11 is 0. The second-order valence-electron chi connectivity index (χ2n) is 7.03. The number of hydrogen-bond donors (Lipinski definition) is 1. The summed E-state index contributed by atoms with van der Waals surface area (Å²) in [7, 11) is 0. The van der Waals surface area contributed by atoms with Crippen LogP contribution in [-0.2, 0) is 4.74 Å². The van der Waals surface area contributed by atoms with E-state index in [0.717, 1.165) is 12.5 Å². The highest BCUT2D eigenvalue weighted by Gasteiger charge is 2.38. The molecule has 0 bridgehead atoms. The fourth-order valence-electron chi connectivity index (χ4n) is 4.04. The number of nitrogens with one attached hydrogen (secondary N) is 1. The highest BCUT2D eigenvalue weighted by Crippen LogP contribution is 2.39. The van der Waals surface area contributed by atoms with Crippen LogP contribution in [0.3, 0.4) is 0 Å². The lowest BCUT2D eigenvalue weighted by atomic mass is 9.78. The Morgan fingerprint density at radius 2 is 1.94 bits per heavy atom. The summed E-state index contributed by atoms with van der Waals surface area (Å²) in [4.78, 5) is 0. The molecular weight excluding hydrogens is 222 g/mol. The molecule has 2 unspecified atom stereocenters. The van der Waals surface area contributed by atoms with Gasteiger partial charge in [-0.25, -0.2) is 0 Å². The summed E-state index contributed by atoms with van der Waals surface area (Å²) in [5.74, 6) is 1.04. The summed E-state index contributed by atoms with van der Waals surface area (Å²) in [5, 5.41) is 3.88. The third kappa shape index (κ3) is 3.27. The molecule has 3 aliphatic rings. The second-order valence-corrected chi connectivity index (χ2v) is 7.03. The second kappa shape index (κ2) is 5.50. The van der Waals surface area contributed by atoms with Crippen molar-refractivity contribution in [3.05, 3.63) is 0 Å². The van der Waals surface area contributed by atoms with Gasteiger partial charge in [0.15, 0.2) is 0 Å². The molecule has 0 radical (unpaired) electrons. The fourth-order valence-corrected chi connectivity index (χ4v) is 4.04. The van der Waals surface area contributed by atoms with E-state index in [1.165, 1.54) is 64.2 Å². The van der Waals surface area contributed by atoms with E-state index in [2.05, 4.69) is 12.2 Å². The Kier molecular flexibility index (Phi) is 3.95. The van der Waals surface area contributed by atoms with Crippen LogP contribution >= 0.6 is 0 Å². The van der Waals surface area contributed by atoms with Gasteiger partial charge in [0.25, 0.3) is 0 Å². The molecule has 0 amide bonds. The highest BCUT2D eigenvalue weighted by molar-refractivity contribution is 4.93. The van der Waals surface area contributed by atoms with Gasteiger partial charge in [-0.3, -0.25) is 0 Å². The first kappa shape index (κ1) is 12.9. The molecule has 2 saturated carbocycles. The Bertz CT molecular complexity index is 263. The van der Waals surface area contributed by atoms with Crippen molar-refractivity contribution in [2.24, 2.45) is 5.92 Å². The van der Waals surface area contributed by atoms with Gasteiger partial charge in [0.05, 0.1) is 5.60 Å². The van der Waals surface area contributed by atoms with Crippen molar-refractivity contribution < 1.29 is 4.74 Å². The standard InChI is InChI=1S/C16H29NO/c1-13(11-14-5-6-14)17-15-7-10-18-16(12-15)8-3-2-4-9-16/h13-15,17H,2-12H2,1H3. The quantitative estimate of drug-likeness (QED) is 0.823. The predicted molar refractivity (Wildman–Crippen MR) is 74.7 cm³/mol. The molecule has 3 fully saturated rings. The molecule has 2 heteroatoms. The molecule has 0 aromatic heterocycles. The number of ether oxygens (including phenoxy) is 1. The zero-order chi connectivity index (χ0) is 12.4. The zero-order valence-corrected chi connectivity index (χ0v) is 11.9. The van der Waals surface area contributed by atoms with Crippen LogP contribution < -0.4 is 5.32 Å². The van der Waals surface area contributed by atoms with Crippen LogP contribution in [0.15, 0.2) is 0 Å². The maximum Gasteiger partial charge on any atom is 0.0697 e. The molecule has 2 aliphatic carbocycles. The van der Waals surface area contributed by atoms with Gasteiger partial charge in [-0.1, -0.05) is 32.1 Å². The van der Waals surface area contributed by atoms with Crippen LogP contribution in [0.2, 0.25) is 0 Å². The minimum Gasteiger partial charge on any atom is -0.375 e. The van der Waals surface area contributed by atoms with Crippen LogP contribution in [0, 0.1) is 5.92 Å². The van der Waals surface area contributed by atoms with Crippen molar-refractivity contribution in [1.82, 2.24) is 5.32 Å². The lowest BCUT2D eigenvalue weighted by Gasteiger charge is -2.44. The van der Waals surface area contributed by atoms with E-state index in [0.29, 0.717) is 12.1 Å². The third-order valence-electron chi connectivity index (χ3n) is 5.16. The summed E-state index contributed by atoms with van der Waals surface area (Å²) in [5.41, 5.74) is 0.257. The van der Waals surface area contributed by atoms with Crippen LogP contribution in [0.25, 0.3) is 0 Å².